The van der Waals surface area contributed by atoms with Gasteiger partial charge in [0.05, 0.1) is 37.2 Å². The smallest absolute Gasteiger partial charge is 0.355 e. The van der Waals surface area contributed by atoms with Crippen LogP contribution in [0.5, 0.6) is 17.2 Å². The highest BCUT2D eigenvalue weighted by Gasteiger charge is 2.57. The van der Waals surface area contributed by atoms with E-state index in [4.69, 9.17) is 23.4 Å². The summed E-state index contributed by atoms with van der Waals surface area (Å²) in [6.45, 7) is 1.95. The Kier molecular flexibility index (Phi) is 11.3. The number of hydrogen-bond acceptors (Lipinski definition) is 10. The van der Waals surface area contributed by atoms with Crippen LogP contribution in [-0.4, -0.2) is 64.9 Å². The number of nitrogens with zero attached hydrogens (tertiary/aromatic N) is 1. The Morgan fingerprint density at radius 1 is 0.850 bits per heavy atom. The van der Waals surface area contributed by atoms with Crippen molar-refractivity contribution in [3.8, 4) is 39.7 Å². The monoisotopic (exact) mass is 824 g/mol. The summed E-state index contributed by atoms with van der Waals surface area (Å²) < 4.78 is 42.4. The summed E-state index contributed by atoms with van der Waals surface area (Å²) in [5.41, 5.74) is 5.68. The second-order valence-corrected chi connectivity index (χ2v) is 15.8. The number of rotatable bonds is 13. The molecule has 3 heterocycles. The lowest BCUT2D eigenvalue weighted by Crippen LogP contribution is -2.73. The summed E-state index contributed by atoms with van der Waals surface area (Å²) in [7, 11) is 1.50. The first-order valence-electron chi connectivity index (χ1n) is 19.1. The maximum absolute atomic E-state index is 13.8. The zero-order valence-corrected chi connectivity index (χ0v) is 33.8. The molecule has 0 spiro atoms. The van der Waals surface area contributed by atoms with Crippen molar-refractivity contribution in [3.63, 3.8) is 0 Å². The first kappa shape index (κ1) is 39.8. The number of fused-ring (bicyclic) bond motifs is 3. The number of β-lactam (4-membered cyclic amide) rings is 1. The fraction of sp³-hybridized carbons (Fsp3) is 0.191. The van der Waals surface area contributed by atoms with Crippen LogP contribution in [0.3, 0.4) is 0 Å². The molecule has 60 heavy (non-hydrogen) atoms. The molecule has 0 radical (unpaired) electrons. The molecule has 1 aliphatic carbocycles. The Morgan fingerprint density at radius 2 is 1.58 bits per heavy atom. The molecule has 3 aliphatic heterocycles. The van der Waals surface area contributed by atoms with Crippen LogP contribution in [0.25, 0.3) is 33.4 Å². The molecule has 2 amide bonds. The SMILES string of the molecule is COc1ccc(COC(=O)C2=C(/C=C\COc3ccc4c(-c5ccc(OC)cc5C)c5ccc(=O)cc-5oc4c3)CS(=O)C3C(NC(=O)Cc4ccccc4)C(=O)N23)cc1. The maximum atomic E-state index is 13.8. The average Bonchev–Trinajstić information content (AvgIpc) is 3.25. The van der Waals surface area contributed by atoms with Crippen molar-refractivity contribution in [1.29, 1.82) is 0 Å². The van der Waals surface area contributed by atoms with Crippen molar-refractivity contribution in [2.75, 3.05) is 26.6 Å². The standard InChI is InChI=1S/C47H40N2O10S/c1-28-22-34(56-3)16-19-36(28)42-37-18-13-32(50)24-39(37)59-40-25-35(17-20-38(40)42)57-21-7-10-31-27-60(54)46-43(48-41(51)23-29-8-5-4-6-9-29)45(52)49(46)44(31)47(53)58-26-30-11-14-33(55-2)15-12-30/h4-20,22,24-25,43,46H,21,23,26-27H2,1-3H3,(H,48,51)/b10-7-. The van der Waals surface area contributed by atoms with E-state index < -0.39 is 40.0 Å². The normalized spacial score (nSPS) is 17.4. The largest absolute Gasteiger partial charge is 0.497 e. The molecule has 3 unspecified atom stereocenters. The molecule has 1 N–H and O–H groups in total. The third-order valence-corrected chi connectivity index (χ3v) is 12.1. The summed E-state index contributed by atoms with van der Waals surface area (Å²) >= 11 is 0. The van der Waals surface area contributed by atoms with Crippen LogP contribution in [0.15, 0.2) is 142 Å². The van der Waals surface area contributed by atoms with E-state index in [1.165, 1.54) is 17.0 Å². The predicted octanol–water partition coefficient (Wildman–Crippen LogP) is 6.48. The molecule has 4 aromatic carbocycles. The minimum atomic E-state index is -1.67. The fourth-order valence-corrected chi connectivity index (χ4v) is 9.12. The molecule has 1 fully saturated rings. The number of ether oxygens (including phenoxy) is 4. The fourth-order valence-electron chi connectivity index (χ4n) is 7.48. The Balaban J connectivity index is 1.05. The van der Waals surface area contributed by atoms with Gasteiger partial charge in [-0.25, -0.2) is 4.79 Å². The van der Waals surface area contributed by atoms with E-state index in [0.717, 1.165) is 39.0 Å². The second kappa shape index (κ2) is 17.1. The van der Waals surface area contributed by atoms with Crippen molar-refractivity contribution in [2.24, 2.45) is 0 Å². The number of hydrogen-bond donors (Lipinski definition) is 1. The lowest BCUT2D eigenvalue weighted by molar-refractivity contribution is -0.153. The molecule has 0 aromatic heterocycles. The first-order valence-corrected chi connectivity index (χ1v) is 20.5. The van der Waals surface area contributed by atoms with E-state index in [2.05, 4.69) is 5.32 Å². The molecule has 304 valence electrons. The van der Waals surface area contributed by atoms with Gasteiger partial charge in [0, 0.05) is 28.6 Å². The lowest BCUT2D eigenvalue weighted by atomic mass is 9.91. The molecule has 4 aliphatic rings. The molecule has 4 aromatic rings. The summed E-state index contributed by atoms with van der Waals surface area (Å²) in [6, 6.07) is 31.0. The van der Waals surface area contributed by atoms with Crippen LogP contribution in [0.1, 0.15) is 16.7 Å². The van der Waals surface area contributed by atoms with Gasteiger partial charge in [-0.1, -0.05) is 54.6 Å². The Hall–Kier alpha value is -6.99. The van der Waals surface area contributed by atoms with Crippen molar-refractivity contribution in [2.45, 2.75) is 31.4 Å². The highest BCUT2D eigenvalue weighted by atomic mass is 32.2. The van der Waals surface area contributed by atoms with Crippen molar-refractivity contribution < 1.29 is 42.0 Å². The molecule has 0 bridgehead atoms. The van der Waals surface area contributed by atoms with Crippen molar-refractivity contribution in [1.82, 2.24) is 10.2 Å². The minimum Gasteiger partial charge on any atom is -0.497 e. The van der Waals surface area contributed by atoms with Gasteiger partial charge in [0.1, 0.15) is 58.9 Å². The average molecular weight is 825 g/mol. The number of amides is 2. The van der Waals surface area contributed by atoms with Crippen molar-refractivity contribution in [3.05, 3.63) is 160 Å². The summed E-state index contributed by atoms with van der Waals surface area (Å²) in [4.78, 5) is 54.0. The number of carbonyl (C=O) groups is 3. The Morgan fingerprint density at radius 3 is 2.33 bits per heavy atom. The van der Waals surface area contributed by atoms with Gasteiger partial charge < -0.3 is 28.7 Å². The van der Waals surface area contributed by atoms with Gasteiger partial charge in [0.2, 0.25) is 5.91 Å². The van der Waals surface area contributed by atoms with E-state index in [0.29, 0.717) is 34.0 Å². The highest BCUT2D eigenvalue weighted by molar-refractivity contribution is 7.86. The second-order valence-electron chi connectivity index (χ2n) is 14.3. The number of carbonyl (C=O) groups excluding carboxylic acids is 3. The summed E-state index contributed by atoms with van der Waals surface area (Å²) in [6.07, 6.45) is 3.30. The number of methoxy groups -OCH3 is 2. The zero-order chi connectivity index (χ0) is 41.9. The van der Waals surface area contributed by atoms with E-state index in [-0.39, 0.29) is 36.5 Å². The maximum Gasteiger partial charge on any atom is 0.355 e. The third kappa shape index (κ3) is 8.03. The van der Waals surface area contributed by atoms with Crippen LogP contribution in [0.2, 0.25) is 0 Å². The molecule has 13 heteroatoms. The molecular formula is C47H40N2O10S. The molecular weight excluding hydrogens is 785 g/mol. The van der Waals surface area contributed by atoms with Gasteiger partial charge in [-0.3, -0.25) is 23.5 Å². The molecule has 1 saturated heterocycles. The van der Waals surface area contributed by atoms with E-state index >= 15 is 0 Å². The lowest BCUT2D eigenvalue weighted by Gasteiger charge is -2.49. The highest BCUT2D eigenvalue weighted by Crippen LogP contribution is 2.42. The number of aryl methyl sites for hydroxylation is 1. The van der Waals surface area contributed by atoms with Gasteiger partial charge in [-0.2, -0.15) is 0 Å². The van der Waals surface area contributed by atoms with Crippen LogP contribution in [-0.2, 0) is 42.9 Å². The van der Waals surface area contributed by atoms with Crippen LogP contribution >= 0.6 is 0 Å². The van der Waals surface area contributed by atoms with Gasteiger partial charge >= 0.3 is 5.97 Å². The molecule has 0 saturated carbocycles. The number of esters is 1. The Bertz CT molecular complexity index is 2740. The first-order chi connectivity index (χ1) is 29.1. The molecule has 3 atom stereocenters. The summed E-state index contributed by atoms with van der Waals surface area (Å²) in [5.74, 6) is 0.466. The van der Waals surface area contributed by atoms with Gasteiger partial charge in [-0.15, -0.1) is 0 Å². The number of nitrogens with one attached hydrogen (secondary N) is 1. The third-order valence-electron chi connectivity index (χ3n) is 10.4. The van der Waals surface area contributed by atoms with Gasteiger partial charge in [0.25, 0.3) is 5.91 Å². The summed E-state index contributed by atoms with van der Waals surface area (Å²) in [5, 5.41) is 2.59. The Labute approximate surface area is 347 Å². The predicted molar refractivity (Wildman–Crippen MR) is 226 cm³/mol. The van der Waals surface area contributed by atoms with Gasteiger partial charge in [0.15, 0.2) is 5.43 Å². The number of benzene rings is 5. The molecule has 12 nitrogen and oxygen atoms in total. The molecule has 8 rings (SSSR count). The van der Waals surface area contributed by atoms with Crippen LogP contribution in [0.4, 0.5) is 0 Å². The van der Waals surface area contributed by atoms with E-state index in [1.807, 2.05) is 55.5 Å². The van der Waals surface area contributed by atoms with E-state index in [9.17, 15) is 23.4 Å². The zero-order valence-electron chi connectivity index (χ0n) is 33.0. The van der Waals surface area contributed by atoms with Crippen LogP contribution < -0.4 is 25.0 Å². The van der Waals surface area contributed by atoms with Gasteiger partial charge in [-0.05, 0) is 89.4 Å². The topological polar surface area (TPSA) is 151 Å². The number of allylic oxidation sites excluding steroid dienone is 1. The van der Waals surface area contributed by atoms with Crippen molar-refractivity contribution >= 4 is 39.6 Å². The quantitative estimate of drug-likeness (QED) is 0.0779. The van der Waals surface area contributed by atoms with E-state index in [1.54, 1.807) is 74.9 Å². The van der Waals surface area contributed by atoms with Crippen LogP contribution in [0, 0.1) is 6.92 Å². The minimum absolute atomic E-state index is 0.0358.